The first-order chi connectivity index (χ1) is 12.8. The van der Waals surface area contributed by atoms with Gasteiger partial charge >= 0.3 is 0 Å². The zero-order chi connectivity index (χ0) is 20.0. The van der Waals surface area contributed by atoms with Crippen molar-refractivity contribution in [3.8, 4) is 5.75 Å². The minimum atomic E-state index is -0.660. The van der Waals surface area contributed by atoms with Crippen LogP contribution >= 0.6 is 0 Å². The number of ether oxygens (including phenoxy) is 2. The number of carbonyl (C=O) groups excluding carboxylic acids is 1. The molecule has 0 atom stereocenters. The third-order valence-electron chi connectivity index (χ3n) is 4.35. The van der Waals surface area contributed by atoms with Gasteiger partial charge in [0.05, 0.1) is 17.4 Å². The molecule has 146 valence electrons. The molecule has 1 aromatic carbocycles. The monoisotopic (exact) mass is 373 g/mol. The molecular weight excluding hydrogens is 346 g/mol. The largest absolute Gasteiger partial charge is 0.467 e. The van der Waals surface area contributed by atoms with Crippen molar-refractivity contribution in [1.29, 1.82) is 5.41 Å². The second-order valence-corrected chi connectivity index (χ2v) is 6.94. The summed E-state index contributed by atoms with van der Waals surface area (Å²) in [7, 11) is 0. The van der Waals surface area contributed by atoms with Gasteiger partial charge in [-0.05, 0) is 57.4 Å². The van der Waals surface area contributed by atoms with Crippen molar-refractivity contribution in [2.24, 2.45) is 10.7 Å². The summed E-state index contributed by atoms with van der Waals surface area (Å²) in [4.78, 5) is 15.4. The Bertz CT molecular complexity index is 760. The number of aliphatic imine (C=N–C) groups is 1. The van der Waals surface area contributed by atoms with Gasteiger partial charge in [0.15, 0.2) is 6.79 Å². The van der Waals surface area contributed by atoms with Crippen molar-refractivity contribution in [2.45, 2.75) is 45.3 Å². The molecule has 0 radical (unpaired) electrons. The highest BCUT2D eigenvalue weighted by Gasteiger charge is 2.38. The third kappa shape index (κ3) is 5.74. The van der Waals surface area contributed by atoms with Crippen molar-refractivity contribution < 1.29 is 19.4 Å². The quantitative estimate of drug-likeness (QED) is 0.202. The zero-order valence-corrected chi connectivity index (χ0v) is 16.0. The summed E-state index contributed by atoms with van der Waals surface area (Å²) in [5, 5.41) is 18.2. The van der Waals surface area contributed by atoms with Crippen LogP contribution in [0.2, 0.25) is 0 Å². The van der Waals surface area contributed by atoms with Crippen LogP contribution in [0.15, 0.2) is 34.8 Å². The Kier molecular flexibility index (Phi) is 6.87. The van der Waals surface area contributed by atoms with Gasteiger partial charge in [0, 0.05) is 17.7 Å². The number of hydrogen-bond acceptors (Lipinski definition) is 6. The van der Waals surface area contributed by atoms with Gasteiger partial charge in [-0.3, -0.25) is 15.2 Å². The number of aliphatic hydroxyl groups is 1. The highest BCUT2D eigenvalue weighted by atomic mass is 16.7. The molecule has 7 nitrogen and oxygen atoms in total. The number of benzene rings is 1. The molecule has 1 fully saturated rings. The van der Waals surface area contributed by atoms with E-state index >= 15 is 0 Å². The maximum absolute atomic E-state index is 11.0. The number of aldehydes is 1. The highest BCUT2D eigenvalue weighted by molar-refractivity contribution is 6.15. The first-order valence-electron chi connectivity index (χ1n) is 8.88. The summed E-state index contributed by atoms with van der Waals surface area (Å²) in [6.07, 6.45) is 3.53. The van der Waals surface area contributed by atoms with Crippen molar-refractivity contribution in [3.63, 3.8) is 0 Å². The van der Waals surface area contributed by atoms with Crippen molar-refractivity contribution in [1.82, 2.24) is 0 Å². The molecule has 1 saturated carbocycles. The molecule has 7 heteroatoms. The molecule has 0 heterocycles. The van der Waals surface area contributed by atoms with E-state index in [0.717, 1.165) is 6.29 Å². The highest BCUT2D eigenvalue weighted by Crippen LogP contribution is 2.33. The van der Waals surface area contributed by atoms with E-state index in [0.29, 0.717) is 47.7 Å². The molecule has 0 aliphatic heterocycles. The smallest absolute Gasteiger partial charge is 0.189 e. The number of carbonyl (C=O) groups is 1. The lowest BCUT2D eigenvalue weighted by molar-refractivity contribution is -0.0280. The van der Waals surface area contributed by atoms with E-state index in [1.807, 2.05) is 6.92 Å². The minimum absolute atomic E-state index is 0.00944. The molecule has 27 heavy (non-hydrogen) atoms. The van der Waals surface area contributed by atoms with Crippen LogP contribution in [0.1, 0.15) is 49.5 Å². The number of hydrogen-bond donors (Lipinski definition) is 3. The Hall–Kier alpha value is -2.51. The fourth-order valence-corrected chi connectivity index (χ4v) is 2.93. The predicted octanol–water partition coefficient (Wildman–Crippen LogP) is 2.46. The Morgan fingerprint density at radius 1 is 1.48 bits per heavy atom. The summed E-state index contributed by atoms with van der Waals surface area (Å²) >= 11 is 0. The molecule has 1 aliphatic carbocycles. The number of nitrogens with two attached hydrogens (primary N) is 1. The van der Waals surface area contributed by atoms with E-state index in [2.05, 4.69) is 4.99 Å². The maximum atomic E-state index is 11.0. The molecule has 4 N–H and O–H groups in total. The summed E-state index contributed by atoms with van der Waals surface area (Å²) in [5.74, 6) is 0.718. The van der Waals surface area contributed by atoms with E-state index in [1.165, 1.54) is 0 Å². The second-order valence-electron chi connectivity index (χ2n) is 6.94. The van der Waals surface area contributed by atoms with Crippen molar-refractivity contribution in [3.05, 3.63) is 41.0 Å². The van der Waals surface area contributed by atoms with Crippen LogP contribution < -0.4 is 10.5 Å². The van der Waals surface area contributed by atoms with Crippen LogP contribution in [0.25, 0.3) is 0 Å². The normalized spacial score (nSPS) is 22.9. The first-order valence-corrected chi connectivity index (χ1v) is 8.88. The van der Waals surface area contributed by atoms with Crippen LogP contribution in [-0.4, -0.2) is 48.0 Å². The van der Waals surface area contributed by atoms with Crippen LogP contribution in [-0.2, 0) is 4.74 Å². The average Bonchev–Trinajstić information content (AvgIpc) is 2.59. The van der Waals surface area contributed by atoms with E-state index in [1.54, 1.807) is 38.1 Å². The van der Waals surface area contributed by atoms with E-state index in [9.17, 15) is 9.90 Å². The minimum Gasteiger partial charge on any atom is -0.467 e. The van der Waals surface area contributed by atoms with Gasteiger partial charge in [-0.2, -0.15) is 0 Å². The van der Waals surface area contributed by atoms with Gasteiger partial charge in [0.2, 0.25) is 0 Å². The summed E-state index contributed by atoms with van der Waals surface area (Å²) < 4.78 is 10.8. The average molecular weight is 373 g/mol. The molecule has 1 aromatic rings. The fourth-order valence-electron chi connectivity index (χ4n) is 2.93. The molecule has 2 rings (SSSR count). The van der Waals surface area contributed by atoms with Crippen LogP contribution in [0, 0.1) is 5.41 Å². The number of rotatable bonds is 9. The molecule has 0 unspecified atom stereocenters. The molecule has 0 saturated heterocycles. The lowest BCUT2D eigenvalue weighted by Gasteiger charge is -2.38. The number of nitrogens with one attached hydrogen (secondary N) is 1. The number of allylic oxidation sites excluding steroid dienone is 1. The zero-order valence-electron chi connectivity index (χ0n) is 16.0. The standard InChI is InChI=1S/C20H27N3O4/c1-4-26-12-27-17-8-14(11-24)5-6-16(17)19(22)13(2)7-18(21)23-15-9-20(3,25)10-15/h5-8,11,15,22,25H,4,9-10,12H2,1-3H3,(H2,21,23)/b13-7-,22-19?. The van der Waals surface area contributed by atoms with E-state index < -0.39 is 5.60 Å². The van der Waals surface area contributed by atoms with Crippen molar-refractivity contribution in [2.75, 3.05) is 13.4 Å². The van der Waals surface area contributed by atoms with Crippen LogP contribution in [0.3, 0.4) is 0 Å². The topological polar surface area (TPSA) is 118 Å². The molecule has 0 amide bonds. The van der Waals surface area contributed by atoms with Crippen LogP contribution in [0.5, 0.6) is 5.75 Å². The molecular formula is C20H27N3O4. The van der Waals surface area contributed by atoms with Gasteiger partial charge in [-0.1, -0.05) is 6.07 Å². The molecule has 0 spiro atoms. The lowest BCUT2D eigenvalue weighted by Crippen LogP contribution is -2.44. The molecule has 0 aromatic heterocycles. The predicted molar refractivity (Wildman–Crippen MR) is 105 cm³/mol. The van der Waals surface area contributed by atoms with E-state index in [-0.39, 0.29) is 18.5 Å². The van der Waals surface area contributed by atoms with Gasteiger partial charge in [0.1, 0.15) is 17.9 Å². The molecule has 0 bridgehead atoms. The lowest BCUT2D eigenvalue weighted by atomic mass is 9.78. The molecule has 1 aliphatic rings. The van der Waals surface area contributed by atoms with Crippen molar-refractivity contribution >= 4 is 17.8 Å². The van der Waals surface area contributed by atoms with Gasteiger partial charge in [-0.15, -0.1) is 0 Å². The van der Waals surface area contributed by atoms with E-state index in [4.69, 9.17) is 20.6 Å². The third-order valence-corrected chi connectivity index (χ3v) is 4.35. The number of nitrogens with zero attached hydrogens (tertiary/aromatic N) is 1. The Morgan fingerprint density at radius 3 is 2.78 bits per heavy atom. The first kappa shape index (κ1) is 20.8. The van der Waals surface area contributed by atoms with Crippen LogP contribution in [0.4, 0.5) is 0 Å². The SMILES string of the molecule is CCOCOc1cc(C=O)ccc1C(=N)/C(C)=C\C(N)=NC1CC(C)(O)C1. The second kappa shape index (κ2) is 8.92. The number of amidine groups is 1. The Morgan fingerprint density at radius 2 is 2.19 bits per heavy atom. The fraction of sp³-hybridized carbons (Fsp3) is 0.450. The van der Waals surface area contributed by atoms with Gasteiger partial charge in [-0.25, -0.2) is 0 Å². The van der Waals surface area contributed by atoms with Gasteiger partial charge < -0.3 is 20.3 Å². The summed E-state index contributed by atoms with van der Waals surface area (Å²) in [6.45, 7) is 5.93. The summed E-state index contributed by atoms with van der Waals surface area (Å²) in [6, 6.07) is 4.89. The van der Waals surface area contributed by atoms with Gasteiger partial charge in [0.25, 0.3) is 0 Å². The Balaban J connectivity index is 2.17. The maximum Gasteiger partial charge on any atom is 0.189 e. The summed E-state index contributed by atoms with van der Waals surface area (Å²) in [5.41, 5.74) is 7.13. The Labute approximate surface area is 159 Å².